The Morgan fingerprint density at radius 2 is 2.17 bits per heavy atom. The van der Waals surface area contributed by atoms with Gasteiger partial charge in [0.05, 0.1) is 12.1 Å². The first-order chi connectivity index (χ1) is 13.9. The van der Waals surface area contributed by atoms with E-state index in [9.17, 15) is 19.1 Å². The van der Waals surface area contributed by atoms with Gasteiger partial charge in [-0.15, -0.1) is 0 Å². The molecule has 0 spiro atoms. The lowest BCUT2D eigenvalue weighted by Gasteiger charge is -2.33. The molecule has 2 N–H and O–H groups in total. The van der Waals surface area contributed by atoms with Gasteiger partial charge in [-0.2, -0.15) is 0 Å². The van der Waals surface area contributed by atoms with E-state index in [0.717, 1.165) is 18.4 Å². The van der Waals surface area contributed by atoms with Gasteiger partial charge < -0.3 is 15.1 Å². The van der Waals surface area contributed by atoms with Crippen molar-refractivity contribution in [2.24, 2.45) is 0 Å². The van der Waals surface area contributed by atoms with Crippen LogP contribution in [0.2, 0.25) is 0 Å². The third kappa shape index (κ3) is 7.81. The lowest BCUT2D eigenvalue weighted by molar-refractivity contribution is -0.137. The second-order valence-electron chi connectivity index (χ2n) is 7.51. The number of rotatable bonds is 10. The molecule has 158 valence electrons. The number of carbonyl (C=O) groups is 2. The van der Waals surface area contributed by atoms with E-state index in [2.05, 4.69) is 0 Å². The summed E-state index contributed by atoms with van der Waals surface area (Å²) in [5.41, 5.74) is 1.42. The van der Waals surface area contributed by atoms with Crippen molar-refractivity contribution in [2.75, 3.05) is 6.54 Å². The zero-order chi connectivity index (χ0) is 21.2. The summed E-state index contributed by atoms with van der Waals surface area (Å²) in [6.07, 6.45) is 10.2. The number of hydrogen-bond acceptors (Lipinski definition) is 3. The number of amides is 1. The molecule has 29 heavy (non-hydrogen) atoms. The number of carboxylic acids is 1. The minimum atomic E-state index is -0.822. The van der Waals surface area contributed by atoms with Crippen LogP contribution >= 0.6 is 0 Å². The van der Waals surface area contributed by atoms with Gasteiger partial charge in [0.1, 0.15) is 5.82 Å². The van der Waals surface area contributed by atoms with Crippen LogP contribution in [0.4, 0.5) is 4.39 Å². The van der Waals surface area contributed by atoms with Crippen LogP contribution in [-0.4, -0.2) is 45.7 Å². The number of nitrogens with zero attached hydrogens (tertiary/aromatic N) is 1. The van der Waals surface area contributed by atoms with E-state index in [1.54, 1.807) is 23.1 Å². The number of aryl methyl sites for hydroxylation is 1. The number of aliphatic hydroxyl groups is 1. The smallest absolute Gasteiger partial charge is 0.303 e. The fraction of sp³-hybridized carbons (Fsp3) is 0.478. The van der Waals surface area contributed by atoms with Crippen molar-refractivity contribution in [3.8, 4) is 0 Å². The van der Waals surface area contributed by atoms with Crippen LogP contribution in [0.3, 0.4) is 0 Å². The Morgan fingerprint density at radius 3 is 2.93 bits per heavy atom. The fourth-order valence-corrected chi connectivity index (χ4v) is 3.47. The Morgan fingerprint density at radius 1 is 1.38 bits per heavy atom. The molecule has 1 aromatic rings. The van der Waals surface area contributed by atoms with E-state index >= 15 is 0 Å². The van der Waals surface area contributed by atoms with Gasteiger partial charge in [-0.1, -0.05) is 42.0 Å². The first-order valence-electron chi connectivity index (χ1n) is 10.1. The predicted molar refractivity (Wildman–Crippen MR) is 110 cm³/mol. The number of carboxylic acid groups (broad SMARTS) is 1. The zero-order valence-corrected chi connectivity index (χ0v) is 16.9. The highest BCUT2D eigenvalue weighted by Gasteiger charge is 2.25. The number of aliphatic hydroxyl groups excluding tert-OH is 1. The van der Waals surface area contributed by atoms with E-state index in [0.29, 0.717) is 31.4 Å². The monoisotopic (exact) mass is 403 g/mol. The third-order valence-corrected chi connectivity index (χ3v) is 5.03. The number of benzene rings is 1. The number of carbonyl (C=O) groups excluding carboxylic acids is 1. The SMILES string of the molecule is Cc1ccc(F)c(CC(O)/C=C/[C@H]2CCCC(=O)N2C/C=C\CCCC(=O)O)c1. The van der Waals surface area contributed by atoms with Crippen LogP contribution in [0, 0.1) is 12.7 Å². The maximum Gasteiger partial charge on any atom is 0.303 e. The van der Waals surface area contributed by atoms with Crippen molar-refractivity contribution in [3.05, 3.63) is 59.4 Å². The highest BCUT2D eigenvalue weighted by atomic mass is 19.1. The number of halogens is 1. The topological polar surface area (TPSA) is 77.8 Å². The number of likely N-dealkylation sites (tertiary alicyclic amines) is 1. The molecule has 1 aromatic carbocycles. The summed E-state index contributed by atoms with van der Waals surface area (Å²) < 4.78 is 13.9. The molecule has 6 heteroatoms. The first kappa shape index (κ1) is 22.8. The van der Waals surface area contributed by atoms with Gasteiger partial charge >= 0.3 is 5.97 Å². The van der Waals surface area contributed by atoms with Crippen LogP contribution < -0.4 is 0 Å². The lowest BCUT2D eigenvalue weighted by Crippen LogP contribution is -2.42. The number of aliphatic carboxylic acids is 1. The van der Waals surface area contributed by atoms with Crippen molar-refractivity contribution < 1.29 is 24.2 Å². The summed E-state index contributed by atoms with van der Waals surface area (Å²) in [5, 5.41) is 18.9. The van der Waals surface area contributed by atoms with Crippen molar-refractivity contribution in [1.82, 2.24) is 4.90 Å². The molecular weight excluding hydrogens is 373 g/mol. The maximum atomic E-state index is 13.9. The normalized spacial score (nSPS) is 18.7. The fourth-order valence-electron chi connectivity index (χ4n) is 3.47. The molecule has 1 fully saturated rings. The molecule has 0 saturated carbocycles. The summed E-state index contributed by atoms with van der Waals surface area (Å²) in [6.45, 7) is 2.34. The molecule has 1 saturated heterocycles. The summed E-state index contributed by atoms with van der Waals surface area (Å²) in [5.74, 6) is -1.07. The van der Waals surface area contributed by atoms with Crippen LogP contribution in [0.1, 0.15) is 49.7 Å². The van der Waals surface area contributed by atoms with Gasteiger partial charge in [-0.05, 0) is 44.2 Å². The van der Waals surface area contributed by atoms with E-state index < -0.39 is 12.1 Å². The highest BCUT2D eigenvalue weighted by molar-refractivity contribution is 5.77. The molecule has 0 aromatic heterocycles. The Hall–Kier alpha value is -2.47. The largest absolute Gasteiger partial charge is 0.481 e. The molecule has 1 heterocycles. The highest BCUT2D eigenvalue weighted by Crippen LogP contribution is 2.20. The molecular formula is C23H30FNO4. The molecule has 0 bridgehead atoms. The molecule has 0 aliphatic carbocycles. The van der Waals surface area contributed by atoms with E-state index in [4.69, 9.17) is 5.11 Å². The second kappa shape index (κ2) is 11.5. The van der Waals surface area contributed by atoms with Gasteiger partial charge in [-0.3, -0.25) is 9.59 Å². The second-order valence-corrected chi connectivity index (χ2v) is 7.51. The Balaban J connectivity index is 1.91. The Kier molecular flexibility index (Phi) is 9.06. The summed E-state index contributed by atoms with van der Waals surface area (Å²) in [4.78, 5) is 24.6. The summed E-state index contributed by atoms with van der Waals surface area (Å²) in [6, 6.07) is 4.74. The van der Waals surface area contributed by atoms with E-state index in [1.807, 2.05) is 25.2 Å². The quantitative estimate of drug-likeness (QED) is 0.460. The Labute approximate surface area is 171 Å². The molecule has 0 radical (unpaired) electrons. The predicted octanol–water partition coefficient (Wildman–Crippen LogP) is 3.79. The van der Waals surface area contributed by atoms with Gasteiger partial charge in [-0.25, -0.2) is 4.39 Å². The Bertz CT molecular complexity index is 759. The van der Waals surface area contributed by atoms with Gasteiger partial charge in [0.15, 0.2) is 0 Å². The molecule has 1 amide bonds. The molecule has 1 aliphatic rings. The van der Waals surface area contributed by atoms with Crippen molar-refractivity contribution in [2.45, 2.75) is 64.0 Å². The van der Waals surface area contributed by atoms with Crippen LogP contribution in [0.25, 0.3) is 0 Å². The lowest BCUT2D eigenvalue weighted by atomic mass is 9.99. The summed E-state index contributed by atoms with van der Waals surface area (Å²) in [7, 11) is 0. The van der Waals surface area contributed by atoms with Crippen LogP contribution in [0.15, 0.2) is 42.5 Å². The van der Waals surface area contributed by atoms with Gasteiger partial charge in [0, 0.05) is 25.8 Å². The maximum absolute atomic E-state index is 13.9. The molecule has 2 rings (SSSR count). The van der Waals surface area contributed by atoms with E-state index in [1.165, 1.54) is 6.07 Å². The third-order valence-electron chi connectivity index (χ3n) is 5.03. The molecule has 1 aliphatic heterocycles. The van der Waals surface area contributed by atoms with E-state index in [-0.39, 0.29) is 30.6 Å². The average molecular weight is 403 g/mol. The standard InChI is InChI=1S/C23H30FNO4/c1-17-10-13-21(24)18(15-17)16-20(26)12-11-19-7-6-8-22(27)25(19)14-5-3-2-4-9-23(28)29/h3,5,10-13,15,19-20,26H,2,4,6-9,14,16H2,1H3,(H,28,29)/b5-3-,12-11+/t19-,20?/m1/s1. The summed E-state index contributed by atoms with van der Waals surface area (Å²) >= 11 is 0. The molecule has 2 atom stereocenters. The minimum absolute atomic E-state index is 0.0697. The number of hydrogen-bond donors (Lipinski definition) is 2. The molecule has 5 nitrogen and oxygen atoms in total. The van der Waals surface area contributed by atoms with Gasteiger partial charge in [0.25, 0.3) is 0 Å². The number of allylic oxidation sites excluding steroid dienone is 1. The van der Waals surface area contributed by atoms with Crippen LogP contribution in [0.5, 0.6) is 0 Å². The first-order valence-corrected chi connectivity index (χ1v) is 10.1. The zero-order valence-electron chi connectivity index (χ0n) is 16.9. The average Bonchev–Trinajstić information content (AvgIpc) is 2.67. The van der Waals surface area contributed by atoms with Crippen molar-refractivity contribution in [3.63, 3.8) is 0 Å². The van der Waals surface area contributed by atoms with Crippen LogP contribution in [-0.2, 0) is 16.0 Å². The van der Waals surface area contributed by atoms with Gasteiger partial charge in [0.2, 0.25) is 5.91 Å². The number of unbranched alkanes of at least 4 members (excludes halogenated alkanes) is 1. The number of piperidine rings is 1. The minimum Gasteiger partial charge on any atom is -0.481 e. The molecule has 1 unspecified atom stereocenters. The van der Waals surface area contributed by atoms with Crippen molar-refractivity contribution in [1.29, 1.82) is 0 Å². The van der Waals surface area contributed by atoms with Crippen molar-refractivity contribution >= 4 is 11.9 Å².